The smallest absolute Gasteiger partial charge is 0.404 e. The van der Waals surface area contributed by atoms with Crippen molar-refractivity contribution in [3.63, 3.8) is 0 Å². The van der Waals surface area contributed by atoms with Crippen LogP contribution in [-0.2, 0) is 39.7 Å². The molecule has 16 heteroatoms. The molecule has 15 nitrogen and oxygen atoms in total. The molecule has 5 aliphatic rings. The quantitative estimate of drug-likeness (QED) is 0.100. The highest BCUT2D eigenvalue weighted by molar-refractivity contribution is 6.47. The van der Waals surface area contributed by atoms with Gasteiger partial charge in [0.25, 0.3) is 5.91 Å². The molecule has 0 unspecified atom stereocenters. The zero-order chi connectivity index (χ0) is 46.9. The second kappa shape index (κ2) is 22.1. The third-order valence-corrected chi connectivity index (χ3v) is 14.5. The Bertz CT molecular complexity index is 2000. The van der Waals surface area contributed by atoms with Crippen molar-refractivity contribution in [3.8, 4) is 11.1 Å². The number of carbonyl (C=O) groups excluding carboxylic acids is 6. The highest BCUT2D eigenvalue weighted by atomic mass is 16.7. The number of hydrogen-bond acceptors (Lipinski definition) is 9. The Labute approximate surface area is 385 Å². The molecule has 65 heavy (non-hydrogen) atoms. The summed E-state index contributed by atoms with van der Waals surface area (Å²) in [7, 11) is -0.647. The number of carbonyl (C=O) groups is 6. The summed E-state index contributed by atoms with van der Waals surface area (Å²) in [6.45, 7) is 12.9. The van der Waals surface area contributed by atoms with Gasteiger partial charge >= 0.3 is 7.12 Å². The fourth-order valence-corrected chi connectivity index (χ4v) is 10.1. The highest BCUT2D eigenvalue weighted by Crippen LogP contribution is 2.65. The summed E-state index contributed by atoms with van der Waals surface area (Å²) in [6, 6.07) is 11.3. The van der Waals surface area contributed by atoms with Crippen LogP contribution < -0.4 is 37.6 Å². The Balaban J connectivity index is 1.08. The van der Waals surface area contributed by atoms with Gasteiger partial charge < -0.3 is 46.9 Å². The predicted octanol–water partition coefficient (Wildman–Crippen LogP) is 4.25. The molecule has 2 saturated heterocycles. The first-order valence-corrected chi connectivity index (χ1v) is 24.1. The van der Waals surface area contributed by atoms with Crippen LogP contribution in [0.1, 0.15) is 135 Å². The molecule has 7 rings (SSSR count). The normalized spacial score (nSPS) is 27.8. The van der Waals surface area contributed by atoms with E-state index >= 15 is 0 Å². The Morgan fingerprint density at radius 1 is 0.892 bits per heavy atom. The minimum Gasteiger partial charge on any atom is -0.404 e. The van der Waals surface area contributed by atoms with Crippen LogP contribution in [0.4, 0.5) is 0 Å². The molecule has 0 aromatic heterocycles. The number of nitrogens with one attached hydrogen (secondary N) is 6. The van der Waals surface area contributed by atoms with Crippen molar-refractivity contribution in [1.29, 1.82) is 0 Å². The summed E-state index contributed by atoms with van der Waals surface area (Å²) in [6.07, 6.45) is 7.88. The van der Waals surface area contributed by atoms with E-state index in [9.17, 15) is 28.8 Å². The van der Waals surface area contributed by atoms with Gasteiger partial charge in [-0.15, -0.1) is 0 Å². The first kappa shape index (κ1) is 49.6. The fourth-order valence-electron chi connectivity index (χ4n) is 10.1. The van der Waals surface area contributed by atoms with Crippen LogP contribution in [0.15, 0.2) is 48.5 Å². The van der Waals surface area contributed by atoms with E-state index in [0.717, 1.165) is 43.2 Å². The maximum atomic E-state index is 14.0. The van der Waals surface area contributed by atoms with E-state index in [2.05, 4.69) is 83.9 Å². The molecule has 6 amide bonds. The maximum absolute atomic E-state index is 14.0. The van der Waals surface area contributed by atoms with E-state index in [1.54, 1.807) is 12.1 Å². The molecular formula is C49H72BN7O8. The van der Waals surface area contributed by atoms with Crippen LogP contribution in [0.3, 0.4) is 0 Å². The molecule has 0 spiro atoms. The number of nitrogens with two attached hydrogens (primary N) is 1. The van der Waals surface area contributed by atoms with Crippen LogP contribution in [0.2, 0.25) is 0 Å². The number of benzene rings is 2. The van der Waals surface area contributed by atoms with Gasteiger partial charge in [-0.3, -0.25) is 28.8 Å². The van der Waals surface area contributed by atoms with E-state index in [0.29, 0.717) is 62.6 Å². The van der Waals surface area contributed by atoms with E-state index in [1.165, 1.54) is 12.5 Å². The monoisotopic (exact) mass is 898 g/mol. The van der Waals surface area contributed by atoms with Crippen LogP contribution >= 0.6 is 0 Å². The summed E-state index contributed by atoms with van der Waals surface area (Å²) >= 11 is 0. The lowest BCUT2D eigenvalue weighted by Gasteiger charge is -2.64. The average molecular weight is 898 g/mol. The van der Waals surface area contributed by atoms with Crippen molar-refractivity contribution in [2.75, 3.05) is 13.1 Å². The van der Waals surface area contributed by atoms with Crippen molar-refractivity contribution in [3.05, 3.63) is 59.7 Å². The molecule has 8 N–H and O–H groups in total. The topological polar surface area (TPSA) is 219 Å². The van der Waals surface area contributed by atoms with Gasteiger partial charge in [0.1, 0.15) is 24.2 Å². The molecule has 3 aliphatic carbocycles. The van der Waals surface area contributed by atoms with Crippen molar-refractivity contribution in [1.82, 2.24) is 31.9 Å². The summed E-state index contributed by atoms with van der Waals surface area (Å²) in [5.41, 5.74) is 9.11. The molecule has 354 valence electrons. The molecule has 5 fully saturated rings. The largest absolute Gasteiger partial charge is 0.481 e. The third-order valence-electron chi connectivity index (χ3n) is 14.5. The molecule has 0 radical (unpaired) electrons. The van der Waals surface area contributed by atoms with Gasteiger partial charge in [0.2, 0.25) is 29.5 Å². The summed E-state index contributed by atoms with van der Waals surface area (Å²) in [5.74, 6) is -2.63. The SMILES string of the molecule is CCCCc1ccc(-c2ccc(C(=O)N[C@@H](CCCCN)C(=O)N[C@H]3CCC(=O)NCCCC[C@@H](C(=O)N[C@@H](C)B4O[C@@H]5C[C@@H]6C[C@@H](C6(C)C)[C@]5(C)O4)NC(=O)[C@H](C)NC3=O)cc2)cc1. The standard InChI is InChI=1S/C49H72BN7O8/c1-7-8-13-32-16-18-33(19-17-32)34-20-22-35(23-21-34)44(60)56-38(14-9-11-26-51)47(63)57-39-24-25-42(58)52-27-12-10-15-37(55-43(59)30(2)53-45(39)61)46(62)54-31(3)50-64-41-29-36-28-40(48(36,4)5)49(41,6)65-50/h16-23,30-31,36-41H,7-15,24-29,51H2,1-6H3,(H,52,58)(H,53,61)(H,54,62)(H,55,59)(H,56,60)(H,57,63)/t30-,31-,36-,37-,38-,39-,40-,41+,49-/m0/s1. The lowest BCUT2D eigenvalue weighted by molar-refractivity contribution is -0.199. The van der Waals surface area contributed by atoms with E-state index in [-0.39, 0.29) is 36.7 Å². The molecular weight excluding hydrogens is 825 g/mol. The summed E-state index contributed by atoms with van der Waals surface area (Å²) in [5, 5.41) is 17.0. The first-order valence-electron chi connectivity index (χ1n) is 24.1. The number of aryl methyl sites for hydroxylation is 1. The molecule has 2 aliphatic heterocycles. The first-order chi connectivity index (χ1) is 31.0. The average Bonchev–Trinajstić information content (AvgIpc) is 3.66. The van der Waals surface area contributed by atoms with Gasteiger partial charge in [-0.1, -0.05) is 63.6 Å². The van der Waals surface area contributed by atoms with Gasteiger partial charge in [0.15, 0.2) is 0 Å². The van der Waals surface area contributed by atoms with Gasteiger partial charge in [0.05, 0.1) is 17.6 Å². The Morgan fingerprint density at radius 2 is 1.60 bits per heavy atom. The second-order valence-electron chi connectivity index (χ2n) is 19.6. The number of amides is 6. The zero-order valence-corrected chi connectivity index (χ0v) is 39.3. The van der Waals surface area contributed by atoms with E-state index < -0.39 is 72.4 Å². The van der Waals surface area contributed by atoms with E-state index in [4.69, 9.17) is 15.0 Å². The van der Waals surface area contributed by atoms with Gasteiger partial charge in [-0.25, -0.2) is 0 Å². The number of unbranched alkanes of at least 4 members (excludes halogenated alkanes) is 2. The van der Waals surface area contributed by atoms with Crippen molar-refractivity contribution in [2.45, 2.75) is 167 Å². The van der Waals surface area contributed by atoms with Gasteiger partial charge in [0, 0.05) is 18.5 Å². The van der Waals surface area contributed by atoms with Gasteiger partial charge in [-0.05, 0) is 144 Å². The summed E-state index contributed by atoms with van der Waals surface area (Å²) < 4.78 is 13.0. The van der Waals surface area contributed by atoms with Crippen molar-refractivity contribution >= 4 is 42.6 Å². The molecule has 2 aromatic carbocycles. The minimum atomic E-state index is -1.22. The Morgan fingerprint density at radius 3 is 2.28 bits per heavy atom. The van der Waals surface area contributed by atoms with Crippen molar-refractivity contribution in [2.24, 2.45) is 23.0 Å². The lowest BCUT2D eigenvalue weighted by atomic mass is 9.43. The maximum Gasteiger partial charge on any atom is 0.481 e. The third kappa shape index (κ3) is 12.2. The Hall–Kier alpha value is -4.80. The Kier molecular flexibility index (Phi) is 16.9. The van der Waals surface area contributed by atoms with Crippen LogP contribution in [0, 0.1) is 17.3 Å². The fraction of sp³-hybridized carbons (Fsp3) is 0.633. The van der Waals surface area contributed by atoms with Crippen LogP contribution in [-0.4, -0.2) is 97.5 Å². The number of rotatable bonds is 15. The van der Waals surface area contributed by atoms with Crippen LogP contribution in [0.5, 0.6) is 0 Å². The molecule has 2 heterocycles. The van der Waals surface area contributed by atoms with E-state index in [1.807, 2.05) is 19.1 Å². The van der Waals surface area contributed by atoms with Gasteiger partial charge in [-0.2, -0.15) is 0 Å². The molecule has 9 atom stereocenters. The minimum absolute atomic E-state index is 0.0524. The van der Waals surface area contributed by atoms with Crippen LogP contribution in [0.25, 0.3) is 11.1 Å². The predicted molar refractivity (Wildman–Crippen MR) is 250 cm³/mol. The second-order valence-corrected chi connectivity index (χ2v) is 19.6. The van der Waals surface area contributed by atoms with Crippen molar-refractivity contribution < 1.29 is 38.1 Å². The molecule has 2 aromatic rings. The summed E-state index contributed by atoms with van der Waals surface area (Å²) in [4.78, 5) is 81.8. The molecule has 3 saturated carbocycles. The zero-order valence-electron chi connectivity index (χ0n) is 39.3. The molecule has 2 bridgehead atoms. The lowest BCUT2D eigenvalue weighted by Crippen LogP contribution is -2.65. The number of hydrogen-bond donors (Lipinski definition) is 7. The highest BCUT2D eigenvalue weighted by Gasteiger charge is 2.68.